The molecule has 0 aromatic rings. The summed E-state index contributed by atoms with van der Waals surface area (Å²) in [7, 11) is 1.72. The fraction of sp³-hybridized carbons (Fsp3) is 0.600. The summed E-state index contributed by atoms with van der Waals surface area (Å²) in [5.74, 6) is 0.822. The standard InChI is InChI=1S/C5H11N3/c1-4-7-8-5(2)6-3/h4H,1-3H3,(H,6,8)/b7-4+. The predicted molar refractivity (Wildman–Crippen MR) is 36.3 cm³/mol. The lowest BCUT2D eigenvalue weighted by atomic mass is 10.7. The number of hydrogen-bond acceptors (Lipinski definition) is 2. The van der Waals surface area contributed by atoms with Crippen molar-refractivity contribution >= 4 is 12.1 Å². The van der Waals surface area contributed by atoms with Crippen LogP contribution in [-0.4, -0.2) is 19.1 Å². The Balaban J connectivity index is 3.40. The number of amidine groups is 1. The van der Waals surface area contributed by atoms with Gasteiger partial charge in [-0.25, -0.2) is 0 Å². The second-order valence-corrected chi connectivity index (χ2v) is 1.31. The van der Waals surface area contributed by atoms with Gasteiger partial charge in [0.1, 0.15) is 5.84 Å². The molecule has 0 bridgehead atoms. The van der Waals surface area contributed by atoms with Crippen molar-refractivity contribution in [3.63, 3.8) is 0 Å². The summed E-state index contributed by atoms with van der Waals surface area (Å²) in [5.41, 5.74) is 2.70. The SMILES string of the molecule is C/C=N/N/C(C)=N\C. The minimum atomic E-state index is 0.822. The Morgan fingerprint density at radius 1 is 1.62 bits per heavy atom. The van der Waals surface area contributed by atoms with Gasteiger partial charge in [0.15, 0.2) is 0 Å². The van der Waals surface area contributed by atoms with Crippen molar-refractivity contribution in [3.05, 3.63) is 0 Å². The van der Waals surface area contributed by atoms with E-state index < -0.39 is 0 Å². The van der Waals surface area contributed by atoms with E-state index in [1.54, 1.807) is 13.3 Å². The van der Waals surface area contributed by atoms with Crippen LogP contribution in [-0.2, 0) is 0 Å². The van der Waals surface area contributed by atoms with Crippen LogP contribution in [0.15, 0.2) is 10.1 Å². The second-order valence-electron chi connectivity index (χ2n) is 1.31. The molecule has 0 atom stereocenters. The van der Waals surface area contributed by atoms with E-state index in [9.17, 15) is 0 Å². The highest BCUT2D eigenvalue weighted by molar-refractivity contribution is 5.79. The molecular weight excluding hydrogens is 102 g/mol. The van der Waals surface area contributed by atoms with Crippen molar-refractivity contribution in [1.82, 2.24) is 5.43 Å². The molecule has 0 rings (SSSR count). The zero-order chi connectivity index (χ0) is 6.41. The third kappa shape index (κ3) is 3.33. The van der Waals surface area contributed by atoms with Gasteiger partial charge in [-0.2, -0.15) is 5.10 Å². The van der Waals surface area contributed by atoms with E-state index in [1.165, 1.54) is 0 Å². The van der Waals surface area contributed by atoms with Gasteiger partial charge in [-0.05, 0) is 13.8 Å². The van der Waals surface area contributed by atoms with Gasteiger partial charge in [-0.3, -0.25) is 10.4 Å². The number of hydrogen-bond donors (Lipinski definition) is 1. The Kier molecular flexibility index (Phi) is 3.84. The molecule has 46 valence electrons. The minimum Gasteiger partial charge on any atom is -0.275 e. The van der Waals surface area contributed by atoms with Crippen LogP contribution in [0.3, 0.4) is 0 Å². The molecule has 0 saturated carbocycles. The Morgan fingerprint density at radius 2 is 2.25 bits per heavy atom. The molecule has 1 N–H and O–H groups in total. The van der Waals surface area contributed by atoms with Crippen molar-refractivity contribution in [1.29, 1.82) is 0 Å². The van der Waals surface area contributed by atoms with E-state index in [4.69, 9.17) is 0 Å². The van der Waals surface area contributed by atoms with Gasteiger partial charge in [-0.1, -0.05) is 0 Å². The first-order valence-electron chi connectivity index (χ1n) is 2.48. The van der Waals surface area contributed by atoms with Gasteiger partial charge in [0.25, 0.3) is 0 Å². The Labute approximate surface area is 49.5 Å². The maximum absolute atomic E-state index is 3.82. The van der Waals surface area contributed by atoms with Crippen LogP contribution in [0.2, 0.25) is 0 Å². The Bertz CT molecular complexity index is 104. The van der Waals surface area contributed by atoms with Crippen molar-refractivity contribution < 1.29 is 0 Å². The van der Waals surface area contributed by atoms with Crippen LogP contribution in [0.5, 0.6) is 0 Å². The molecule has 0 fully saturated rings. The van der Waals surface area contributed by atoms with Crippen LogP contribution in [0.1, 0.15) is 13.8 Å². The Morgan fingerprint density at radius 3 is 2.62 bits per heavy atom. The van der Waals surface area contributed by atoms with Gasteiger partial charge in [0.05, 0.1) is 0 Å². The second kappa shape index (κ2) is 4.30. The summed E-state index contributed by atoms with van der Waals surface area (Å²) >= 11 is 0. The van der Waals surface area contributed by atoms with Crippen LogP contribution in [0, 0.1) is 0 Å². The van der Waals surface area contributed by atoms with Crippen LogP contribution < -0.4 is 5.43 Å². The van der Waals surface area contributed by atoms with E-state index in [-0.39, 0.29) is 0 Å². The fourth-order valence-corrected chi connectivity index (χ4v) is 0.208. The van der Waals surface area contributed by atoms with Gasteiger partial charge < -0.3 is 0 Å². The van der Waals surface area contributed by atoms with E-state index in [0.29, 0.717) is 0 Å². The third-order valence-electron chi connectivity index (χ3n) is 0.691. The maximum atomic E-state index is 3.82. The average Bonchev–Trinajstić information content (AvgIpc) is 1.83. The highest BCUT2D eigenvalue weighted by Gasteiger charge is 1.76. The first-order chi connectivity index (χ1) is 3.81. The van der Waals surface area contributed by atoms with Crippen LogP contribution in [0.4, 0.5) is 0 Å². The average molecular weight is 113 g/mol. The zero-order valence-corrected chi connectivity index (χ0v) is 5.47. The van der Waals surface area contributed by atoms with Gasteiger partial charge >= 0.3 is 0 Å². The molecule has 0 unspecified atom stereocenters. The lowest BCUT2D eigenvalue weighted by molar-refractivity contribution is 1.01. The monoisotopic (exact) mass is 113 g/mol. The molecule has 3 heteroatoms. The number of nitrogens with zero attached hydrogens (tertiary/aromatic N) is 2. The predicted octanol–water partition coefficient (Wildman–Crippen LogP) is 0.630. The molecular formula is C5H11N3. The highest BCUT2D eigenvalue weighted by atomic mass is 15.3. The summed E-state index contributed by atoms with van der Waals surface area (Å²) in [6, 6.07) is 0. The molecule has 0 heterocycles. The molecule has 0 spiro atoms. The van der Waals surface area contributed by atoms with E-state index >= 15 is 0 Å². The smallest absolute Gasteiger partial charge is 0.113 e. The van der Waals surface area contributed by atoms with Crippen molar-refractivity contribution in [2.75, 3.05) is 7.05 Å². The van der Waals surface area contributed by atoms with Crippen molar-refractivity contribution in [3.8, 4) is 0 Å². The zero-order valence-electron chi connectivity index (χ0n) is 5.47. The van der Waals surface area contributed by atoms with Gasteiger partial charge in [0.2, 0.25) is 0 Å². The first kappa shape index (κ1) is 7.14. The number of aliphatic imine (C=N–C) groups is 1. The summed E-state index contributed by atoms with van der Waals surface area (Å²) in [5, 5.41) is 3.74. The third-order valence-corrected chi connectivity index (χ3v) is 0.691. The molecule has 3 nitrogen and oxygen atoms in total. The quantitative estimate of drug-likeness (QED) is 0.302. The van der Waals surface area contributed by atoms with Gasteiger partial charge in [-0.15, -0.1) is 0 Å². The largest absolute Gasteiger partial charge is 0.275 e. The summed E-state index contributed by atoms with van der Waals surface area (Å²) in [4.78, 5) is 3.82. The minimum absolute atomic E-state index is 0.822. The van der Waals surface area contributed by atoms with Gasteiger partial charge in [0, 0.05) is 13.3 Å². The van der Waals surface area contributed by atoms with Crippen molar-refractivity contribution in [2.45, 2.75) is 13.8 Å². The fourth-order valence-electron chi connectivity index (χ4n) is 0.208. The van der Waals surface area contributed by atoms with Crippen molar-refractivity contribution in [2.24, 2.45) is 10.1 Å². The summed E-state index contributed by atoms with van der Waals surface area (Å²) in [6.07, 6.45) is 1.68. The van der Waals surface area contributed by atoms with Crippen LogP contribution >= 0.6 is 0 Å². The summed E-state index contributed by atoms with van der Waals surface area (Å²) in [6.45, 7) is 3.70. The highest BCUT2D eigenvalue weighted by Crippen LogP contribution is 1.65. The normalized spacial score (nSPS) is 12.6. The molecule has 0 saturated heterocycles. The first-order valence-corrected chi connectivity index (χ1v) is 2.48. The molecule has 0 amide bonds. The topological polar surface area (TPSA) is 36.8 Å². The molecule has 0 radical (unpaired) electrons. The lowest BCUT2D eigenvalue weighted by Crippen LogP contribution is -2.12. The molecule has 0 aromatic carbocycles. The maximum Gasteiger partial charge on any atom is 0.113 e. The van der Waals surface area contributed by atoms with E-state index in [2.05, 4.69) is 15.5 Å². The Hall–Kier alpha value is -0.860. The molecule has 8 heavy (non-hydrogen) atoms. The van der Waals surface area contributed by atoms with E-state index in [0.717, 1.165) is 5.84 Å². The molecule has 0 aromatic heterocycles. The van der Waals surface area contributed by atoms with Crippen LogP contribution in [0.25, 0.3) is 0 Å². The lowest BCUT2D eigenvalue weighted by Gasteiger charge is -1.92. The number of nitrogens with one attached hydrogen (secondary N) is 1. The molecule has 0 aliphatic carbocycles. The number of rotatable bonds is 1. The number of hydrazone groups is 1. The van der Waals surface area contributed by atoms with E-state index in [1.807, 2.05) is 13.8 Å². The molecule has 0 aliphatic rings. The summed E-state index contributed by atoms with van der Waals surface area (Å²) < 4.78 is 0. The molecule has 0 aliphatic heterocycles.